The number of hydrogen-bond donors (Lipinski definition) is 0. The third-order valence-corrected chi connectivity index (χ3v) is 5.71. The molecule has 1 aliphatic heterocycles. The molecule has 9 heteroatoms. The van der Waals surface area contributed by atoms with Gasteiger partial charge in [0, 0.05) is 44.7 Å². The summed E-state index contributed by atoms with van der Waals surface area (Å²) in [5.41, 5.74) is 1.52. The van der Waals surface area contributed by atoms with Crippen LogP contribution in [0.4, 0.5) is 11.4 Å². The first-order valence-electron chi connectivity index (χ1n) is 7.97. The van der Waals surface area contributed by atoms with Gasteiger partial charge in [0.1, 0.15) is 0 Å². The Morgan fingerprint density at radius 3 is 2.48 bits per heavy atom. The Morgan fingerprint density at radius 1 is 1.28 bits per heavy atom. The lowest BCUT2D eigenvalue weighted by Gasteiger charge is -2.34. The van der Waals surface area contributed by atoms with Crippen LogP contribution >= 0.6 is 0 Å². The zero-order valence-electron chi connectivity index (χ0n) is 14.1. The molecule has 1 fully saturated rings. The van der Waals surface area contributed by atoms with E-state index in [0.717, 1.165) is 25.2 Å². The van der Waals surface area contributed by atoms with Crippen molar-refractivity contribution in [3.63, 3.8) is 0 Å². The average molecular weight is 364 g/mol. The standard InChI is InChI=1S/C16H20N4O4S/c1-18-11-13(10-17-18)12-5-7-19(8-6-12)15-4-3-14(20(21)22)9-16(15)25(2,23)24/h3-4,9-12H,5-8H2,1-2H3. The van der Waals surface area contributed by atoms with E-state index in [4.69, 9.17) is 0 Å². The highest BCUT2D eigenvalue weighted by atomic mass is 32.2. The Hall–Kier alpha value is -2.42. The molecule has 0 unspecified atom stereocenters. The molecule has 0 N–H and O–H groups in total. The summed E-state index contributed by atoms with van der Waals surface area (Å²) in [4.78, 5) is 12.4. The van der Waals surface area contributed by atoms with E-state index in [-0.39, 0.29) is 10.6 Å². The number of sulfone groups is 1. The zero-order valence-corrected chi connectivity index (χ0v) is 14.9. The Labute approximate surface area is 146 Å². The van der Waals surface area contributed by atoms with Gasteiger partial charge in [-0.25, -0.2) is 8.42 Å². The first-order valence-corrected chi connectivity index (χ1v) is 9.87. The summed E-state index contributed by atoms with van der Waals surface area (Å²) < 4.78 is 26.0. The second-order valence-corrected chi connectivity index (χ2v) is 8.37. The highest BCUT2D eigenvalue weighted by Gasteiger charge is 2.26. The summed E-state index contributed by atoms with van der Waals surface area (Å²) in [6, 6.07) is 4.05. The van der Waals surface area contributed by atoms with Crippen LogP contribution < -0.4 is 4.90 Å². The maximum Gasteiger partial charge on any atom is 0.270 e. The predicted molar refractivity (Wildman–Crippen MR) is 93.6 cm³/mol. The van der Waals surface area contributed by atoms with Crippen molar-refractivity contribution < 1.29 is 13.3 Å². The number of nitro benzene ring substituents is 1. The minimum absolute atomic E-state index is 0.0153. The van der Waals surface area contributed by atoms with E-state index >= 15 is 0 Å². The van der Waals surface area contributed by atoms with Gasteiger partial charge in [-0.15, -0.1) is 0 Å². The van der Waals surface area contributed by atoms with Gasteiger partial charge in [0.2, 0.25) is 0 Å². The van der Waals surface area contributed by atoms with Gasteiger partial charge in [-0.05, 0) is 30.4 Å². The number of aryl methyl sites for hydroxylation is 1. The van der Waals surface area contributed by atoms with Crippen molar-refractivity contribution in [3.8, 4) is 0 Å². The zero-order chi connectivity index (χ0) is 18.2. The van der Waals surface area contributed by atoms with Crippen molar-refractivity contribution in [1.82, 2.24) is 9.78 Å². The van der Waals surface area contributed by atoms with E-state index in [1.165, 1.54) is 11.6 Å². The van der Waals surface area contributed by atoms with E-state index < -0.39 is 14.8 Å². The first kappa shape index (κ1) is 17.4. The second-order valence-electron chi connectivity index (χ2n) is 6.39. The van der Waals surface area contributed by atoms with E-state index in [2.05, 4.69) is 5.10 Å². The number of benzene rings is 1. The van der Waals surface area contributed by atoms with Crippen molar-refractivity contribution in [2.75, 3.05) is 24.2 Å². The molecule has 0 amide bonds. The molecule has 2 heterocycles. The van der Waals surface area contributed by atoms with Crippen LogP contribution in [-0.2, 0) is 16.9 Å². The van der Waals surface area contributed by atoms with Crippen molar-refractivity contribution in [2.45, 2.75) is 23.7 Å². The summed E-state index contributed by atoms with van der Waals surface area (Å²) in [6.45, 7) is 1.39. The maximum atomic E-state index is 12.1. The summed E-state index contributed by atoms with van der Waals surface area (Å²) in [5, 5.41) is 15.2. The number of aromatic nitrogens is 2. The van der Waals surface area contributed by atoms with Gasteiger partial charge in [-0.2, -0.15) is 5.10 Å². The molecule has 0 aliphatic carbocycles. The summed E-state index contributed by atoms with van der Waals surface area (Å²) in [5.74, 6) is 0.393. The first-order chi connectivity index (χ1) is 11.8. The van der Waals surface area contributed by atoms with Gasteiger partial charge in [0.15, 0.2) is 9.84 Å². The fourth-order valence-corrected chi connectivity index (χ4v) is 4.19. The van der Waals surface area contributed by atoms with Crippen molar-refractivity contribution >= 4 is 21.2 Å². The Bertz CT molecular complexity index is 899. The lowest BCUT2D eigenvalue weighted by atomic mass is 9.91. The molecule has 3 rings (SSSR count). The topological polar surface area (TPSA) is 98.3 Å². The summed E-state index contributed by atoms with van der Waals surface area (Å²) in [6.07, 6.45) is 6.72. The van der Waals surface area contributed by atoms with E-state index in [1.807, 2.05) is 24.3 Å². The van der Waals surface area contributed by atoms with Gasteiger partial charge in [0.05, 0.1) is 21.7 Å². The number of nitro groups is 1. The molecule has 2 aromatic rings. The summed E-state index contributed by atoms with van der Waals surface area (Å²) in [7, 11) is -1.68. The van der Waals surface area contributed by atoms with Gasteiger partial charge in [-0.3, -0.25) is 14.8 Å². The third kappa shape index (κ3) is 3.65. The fraction of sp³-hybridized carbons (Fsp3) is 0.438. The van der Waals surface area contributed by atoms with Gasteiger partial charge in [-0.1, -0.05) is 0 Å². The normalized spacial score (nSPS) is 16.2. The maximum absolute atomic E-state index is 12.1. The van der Waals surface area contributed by atoms with Crippen LogP contribution in [-0.4, -0.2) is 42.5 Å². The highest BCUT2D eigenvalue weighted by Crippen LogP contribution is 2.34. The lowest BCUT2D eigenvalue weighted by molar-refractivity contribution is -0.385. The monoisotopic (exact) mass is 364 g/mol. The van der Waals surface area contributed by atoms with Crippen molar-refractivity contribution in [2.24, 2.45) is 7.05 Å². The number of non-ortho nitro benzene ring substituents is 1. The number of rotatable bonds is 4. The third-order valence-electron chi connectivity index (χ3n) is 4.59. The van der Waals surface area contributed by atoms with Crippen molar-refractivity contribution in [1.29, 1.82) is 0 Å². The van der Waals surface area contributed by atoms with Crippen molar-refractivity contribution in [3.05, 3.63) is 46.3 Å². The Balaban J connectivity index is 1.84. The van der Waals surface area contributed by atoms with Crippen LogP contribution in [0.25, 0.3) is 0 Å². The molecular formula is C16H20N4O4S. The van der Waals surface area contributed by atoms with Gasteiger partial charge < -0.3 is 4.90 Å². The average Bonchev–Trinajstić information content (AvgIpc) is 3.00. The fourth-order valence-electron chi connectivity index (χ4n) is 3.28. The molecular weight excluding hydrogens is 344 g/mol. The molecule has 0 spiro atoms. The van der Waals surface area contributed by atoms with E-state index in [9.17, 15) is 18.5 Å². The quantitative estimate of drug-likeness (QED) is 0.609. The summed E-state index contributed by atoms with van der Waals surface area (Å²) >= 11 is 0. The molecule has 1 aliphatic rings. The van der Waals surface area contributed by atoms with Crippen LogP contribution in [0.3, 0.4) is 0 Å². The molecule has 0 saturated carbocycles. The SMILES string of the molecule is Cn1cc(C2CCN(c3ccc([N+](=O)[O-])cc3S(C)(=O)=O)CC2)cn1. The van der Waals surface area contributed by atoms with Crippen LogP contribution in [0.15, 0.2) is 35.5 Å². The Morgan fingerprint density at radius 2 is 1.96 bits per heavy atom. The second kappa shape index (κ2) is 6.47. The van der Waals surface area contributed by atoms with Crippen LogP contribution in [0.2, 0.25) is 0 Å². The molecule has 134 valence electrons. The van der Waals surface area contributed by atoms with Gasteiger partial charge in [0.25, 0.3) is 5.69 Å². The number of hydrogen-bond acceptors (Lipinski definition) is 6. The number of piperidine rings is 1. The molecule has 0 radical (unpaired) electrons. The van der Waals surface area contributed by atoms with Gasteiger partial charge >= 0.3 is 0 Å². The molecule has 0 bridgehead atoms. The highest BCUT2D eigenvalue weighted by molar-refractivity contribution is 7.90. The minimum Gasteiger partial charge on any atom is -0.370 e. The lowest BCUT2D eigenvalue weighted by Crippen LogP contribution is -2.33. The van der Waals surface area contributed by atoms with Crippen LogP contribution in [0.1, 0.15) is 24.3 Å². The molecule has 1 aromatic heterocycles. The van der Waals surface area contributed by atoms with E-state index in [1.54, 1.807) is 10.7 Å². The van der Waals surface area contributed by atoms with E-state index in [0.29, 0.717) is 24.7 Å². The minimum atomic E-state index is -3.56. The number of nitrogens with zero attached hydrogens (tertiary/aromatic N) is 4. The smallest absolute Gasteiger partial charge is 0.270 e. The molecule has 1 saturated heterocycles. The number of anilines is 1. The van der Waals surface area contributed by atoms with Crippen LogP contribution in [0, 0.1) is 10.1 Å². The van der Waals surface area contributed by atoms with Crippen LogP contribution in [0.5, 0.6) is 0 Å². The largest absolute Gasteiger partial charge is 0.370 e. The molecule has 1 aromatic carbocycles. The molecule has 0 atom stereocenters. The molecule has 25 heavy (non-hydrogen) atoms. The predicted octanol–water partition coefficient (Wildman–Crippen LogP) is 2.12. The Kier molecular flexibility index (Phi) is 4.51. The molecule has 8 nitrogen and oxygen atoms in total.